The first-order valence-electron chi connectivity index (χ1n) is 7.49. The zero-order valence-corrected chi connectivity index (χ0v) is 13.9. The van der Waals surface area contributed by atoms with Crippen LogP contribution in [0.25, 0.3) is 11.5 Å². The molecule has 4 nitrogen and oxygen atoms in total. The molecule has 0 aliphatic carbocycles. The van der Waals surface area contributed by atoms with E-state index in [2.05, 4.69) is 10.3 Å². The van der Waals surface area contributed by atoms with E-state index in [-0.39, 0.29) is 12.1 Å². The summed E-state index contributed by atoms with van der Waals surface area (Å²) < 4.78 is 43.9. The van der Waals surface area contributed by atoms with Gasteiger partial charge in [0.2, 0.25) is 11.8 Å². The van der Waals surface area contributed by atoms with Crippen molar-refractivity contribution in [3.63, 3.8) is 0 Å². The number of carbonyl (C=O) groups excluding carboxylic acids is 1. The van der Waals surface area contributed by atoms with E-state index in [0.29, 0.717) is 11.6 Å². The van der Waals surface area contributed by atoms with E-state index in [1.807, 2.05) is 30.3 Å². The molecule has 1 amide bonds. The molecule has 0 atom stereocenters. The lowest BCUT2D eigenvalue weighted by Gasteiger charge is -2.11. The molecule has 26 heavy (non-hydrogen) atoms. The van der Waals surface area contributed by atoms with Crippen LogP contribution in [0.4, 0.5) is 18.9 Å². The zero-order chi connectivity index (χ0) is 18.7. The van der Waals surface area contributed by atoms with E-state index in [1.165, 1.54) is 12.3 Å². The fourth-order valence-electron chi connectivity index (χ4n) is 2.29. The van der Waals surface area contributed by atoms with Crippen LogP contribution in [0.15, 0.2) is 59.2 Å². The third-order valence-corrected chi connectivity index (χ3v) is 3.80. The maximum Gasteiger partial charge on any atom is 0.417 e. The van der Waals surface area contributed by atoms with Crippen LogP contribution in [-0.2, 0) is 17.4 Å². The van der Waals surface area contributed by atoms with Gasteiger partial charge in [-0.15, -0.1) is 0 Å². The molecular weight excluding hydrogens is 369 g/mol. The number of benzene rings is 2. The zero-order valence-electron chi connectivity index (χ0n) is 13.2. The van der Waals surface area contributed by atoms with Crippen LogP contribution < -0.4 is 5.32 Å². The third-order valence-electron chi connectivity index (χ3n) is 3.47. The van der Waals surface area contributed by atoms with Crippen molar-refractivity contribution in [2.75, 3.05) is 5.32 Å². The second-order valence-corrected chi connectivity index (χ2v) is 5.83. The summed E-state index contributed by atoms with van der Waals surface area (Å²) in [6.45, 7) is 0. The van der Waals surface area contributed by atoms with Gasteiger partial charge in [-0.1, -0.05) is 29.8 Å². The fraction of sp³-hybridized carbons (Fsp3) is 0.111. The van der Waals surface area contributed by atoms with Gasteiger partial charge in [-0.2, -0.15) is 13.2 Å². The third kappa shape index (κ3) is 4.23. The maximum atomic E-state index is 12.9. The molecular formula is C18H12ClF3N2O2. The summed E-state index contributed by atoms with van der Waals surface area (Å²) in [4.78, 5) is 16.3. The van der Waals surface area contributed by atoms with Gasteiger partial charge < -0.3 is 9.73 Å². The monoisotopic (exact) mass is 380 g/mol. The number of rotatable bonds is 4. The molecule has 3 rings (SSSR count). The van der Waals surface area contributed by atoms with E-state index in [1.54, 1.807) is 0 Å². The Morgan fingerprint density at radius 3 is 2.58 bits per heavy atom. The number of hydrogen-bond donors (Lipinski definition) is 1. The minimum Gasteiger partial charge on any atom is -0.444 e. The lowest BCUT2D eigenvalue weighted by molar-refractivity contribution is -0.137. The molecule has 8 heteroatoms. The Balaban J connectivity index is 1.69. The van der Waals surface area contributed by atoms with Gasteiger partial charge in [-0.05, 0) is 30.3 Å². The fourth-order valence-corrected chi connectivity index (χ4v) is 2.52. The first-order chi connectivity index (χ1) is 12.3. The molecule has 1 aromatic heterocycles. The van der Waals surface area contributed by atoms with Gasteiger partial charge in [0.1, 0.15) is 6.26 Å². The Morgan fingerprint density at radius 1 is 1.15 bits per heavy atom. The molecule has 0 spiro atoms. The van der Waals surface area contributed by atoms with E-state index < -0.39 is 22.7 Å². The SMILES string of the molecule is O=C(Cc1coc(-c2ccccc2)n1)Nc1ccc(Cl)c(C(F)(F)F)c1. The number of alkyl halides is 3. The summed E-state index contributed by atoms with van der Waals surface area (Å²) in [5.74, 6) is -0.160. The van der Waals surface area contributed by atoms with Gasteiger partial charge in [-0.25, -0.2) is 4.98 Å². The molecule has 3 aromatic rings. The number of aromatic nitrogens is 1. The second kappa shape index (κ2) is 7.21. The minimum absolute atomic E-state index is 0.00139. The number of amides is 1. The molecule has 0 unspecified atom stereocenters. The normalized spacial score (nSPS) is 11.4. The van der Waals surface area contributed by atoms with Crippen LogP contribution in [-0.4, -0.2) is 10.9 Å². The van der Waals surface area contributed by atoms with E-state index >= 15 is 0 Å². The topological polar surface area (TPSA) is 55.1 Å². The highest BCUT2D eigenvalue weighted by Gasteiger charge is 2.33. The first kappa shape index (κ1) is 18.0. The average Bonchev–Trinajstić information content (AvgIpc) is 3.05. The van der Waals surface area contributed by atoms with Crippen LogP contribution in [0.2, 0.25) is 5.02 Å². The summed E-state index contributed by atoms with van der Waals surface area (Å²) in [5.41, 5.74) is 0.112. The van der Waals surface area contributed by atoms with Crippen molar-refractivity contribution < 1.29 is 22.4 Å². The Kier molecular flexibility index (Phi) is 4.99. The van der Waals surface area contributed by atoms with Crippen LogP contribution >= 0.6 is 11.6 Å². The number of anilines is 1. The molecule has 1 N–H and O–H groups in total. The number of hydrogen-bond acceptors (Lipinski definition) is 3. The van der Waals surface area contributed by atoms with E-state index in [4.69, 9.17) is 16.0 Å². The highest BCUT2D eigenvalue weighted by atomic mass is 35.5. The molecule has 134 valence electrons. The number of oxazole rings is 1. The number of carbonyl (C=O) groups is 1. The Morgan fingerprint density at radius 2 is 1.88 bits per heavy atom. The predicted octanol–water partition coefficient (Wildman–Crippen LogP) is 5.20. The lowest BCUT2D eigenvalue weighted by Crippen LogP contribution is -2.15. The Labute approximate surface area is 151 Å². The smallest absolute Gasteiger partial charge is 0.417 e. The van der Waals surface area contributed by atoms with Gasteiger partial charge in [0.05, 0.1) is 22.7 Å². The second-order valence-electron chi connectivity index (χ2n) is 5.43. The lowest BCUT2D eigenvalue weighted by atomic mass is 10.2. The van der Waals surface area contributed by atoms with Crippen molar-refractivity contribution >= 4 is 23.2 Å². The molecule has 0 aliphatic rings. The van der Waals surface area contributed by atoms with Crippen LogP contribution in [0, 0.1) is 0 Å². The Bertz CT molecular complexity index is 924. The highest BCUT2D eigenvalue weighted by Crippen LogP contribution is 2.36. The number of halogens is 4. The standard InChI is InChI=1S/C18H12ClF3N2O2/c19-15-7-6-12(8-14(15)18(20,21)22)23-16(25)9-13-10-26-17(24-13)11-4-2-1-3-5-11/h1-8,10H,9H2,(H,23,25). The molecule has 0 saturated heterocycles. The van der Waals surface area contributed by atoms with E-state index in [0.717, 1.165) is 17.7 Å². The summed E-state index contributed by atoms with van der Waals surface area (Å²) in [5, 5.41) is 1.97. The summed E-state index contributed by atoms with van der Waals surface area (Å²) in [7, 11) is 0. The van der Waals surface area contributed by atoms with Crippen molar-refractivity contribution in [1.82, 2.24) is 4.98 Å². The summed E-state index contributed by atoms with van der Waals surface area (Å²) >= 11 is 5.55. The maximum absolute atomic E-state index is 12.9. The summed E-state index contributed by atoms with van der Waals surface area (Å²) in [6.07, 6.45) is -3.40. The molecule has 0 saturated carbocycles. The number of nitrogens with zero attached hydrogens (tertiary/aromatic N) is 1. The highest BCUT2D eigenvalue weighted by molar-refractivity contribution is 6.31. The Hall–Kier alpha value is -2.80. The molecule has 0 bridgehead atoms. The van der Waals surface area contributed by atoms with Crippen LogP contribution in [0.3, 0.4) is 0 Å². The van der Waals surface area contributed by atoms with Gasteiger partial charge in [-0.3, -0.25) is 4.79 Å². The van der Waals surface area contributed by atoms with Crippen LogP contribution in [0.5, 0.6) is 0 Å². The van der Waals surface area contributed by atoms with Gasteiger partial charge in [0.15, 0.2) is 0 Å². The van der Waals surface area contributed by atoms with Gasteiger partial charge in [0, 0.05) is 11.3 Å². The number of nitrogens with one attached hydrogen (secondary N) is 1. The van der Waals surface area contributed by atoms with Crippen LogP contribution in [0.1, 0.15) is 11.3 Å². The molecule has 0 radical (unpaired) electrons. The molecule has 0 aliphatic heterocycles. The largest absolute Gasteiger partial charge is 0.444 e. The van der Waals surface area contributed by atoms with Crippen molar-refractivity contribution in [2.45, 2.75) is 12.6 Å². The van der Waals surface area contributed by atoms with Crippen molar-refractivity contribution in [3.8, 4) is 11.5 Å². The van der Waals surface area contributed by atoms with Crippen molar-refractivity contribution in [3.05, 3.63) is 71.1 Å². The summed E-state index contributed by atoms with van der Waals surface area (Å²) in [6, 6.07) is 12.3. The molecule has 1 heterocycles. The average molecular weight is 381 g/mol. The van der Waals surface area contributed by atoms with Gasteiger partial charge in [0.25, 0.3) is 0 Å². The van der Waals surface area contributed by atoms with Crippen molar-refractivity contribution in [2.24, 2.45) is 0 Å². The van der Waals surface area contributed by atoms with E-state index in [9.17, 15) is 18.0 Å². The quantitative estimate of drug-likeness (QED) is 0.677. The molecule has 0 fully saturated rings. The minimum atomic E-state index is -4.60. The first-order valence-corrected chi connectivity index (χ1v) is 7.87. The predicted molar refractivity (Wildman–Crippen MR) is 90.7 cm³/mol. The van der Waals surface area contributed by atoms with Gasteiger partial charge >= 0.3 is 6.18 Å². The molecule has 2 aromatic carbocycles. The van der Waals surface area contributed by atoms with Crippen molar-refractivity contribution in [1.29, 1.82) is 0 Å².